The molecule has 8 heteroatoms. The molecule has 1 aromatic carbocycles. The van der Waals surface area contributed by atoms with Crippen molar-refractivity contribution < 1.29 is 14.3 Å². The molecule has 0 saturated carbocycles. The number of anilines is 1. The van der Waals surface area contributed by atoms with Crippen LogP contribution in [0.15, 0.2) is 52.9 Å². The van der Waals surface area contributed by atoms with Gasteiger partial charge >= 0.3 is 5.97 Å². The molecule has 0 fully saturated rings. The van der Waals surface area contributed by atoms with Crippen LogP contribution in [-0.2, 0) is 9.53 Å². The number of benzene rings is 1. The Bertz CT molecular complexity index is 1030. The molecule has 0 aliphatic heterocycles. The largest absolute Gasteiger partial charge is 0.463 e. The molecule has 0 spiro atoms. The third kappa shape index (κ3) is 3.86. The molecule has 26 heavy (non-hydrogen) atoms. The van der Waals surface area contributed by atoms with Crippen LogP contribution in [0.3, 0.4) is 0 Å². The average molecular weight is 369 g/mol. The molecule has 132 valence electrons. The van der Waals surface area contributed by atoms with Crippen LogP contribution in [0.5, 0.6) is 0 Å². The SMILES string of the molecule is CCOC(=O)C=Cc1ccc(NC(=O)c2cnc3sccn3c2=O)cc1. The molecule has 2 aromatic heterocycles. The molecule has 1 N–H and O–H groups in total. The van der Waals surface area contributed by atoms with Crippen LogP contribution in [0.4, 0.5) is 5.69 Å². The summed E-state index contributed by atoms with van der Waals surface area (Å²) < 4.78 is 6.14. The van der Waals surface area contributed by atoms with Gasteiger partial charge in [0.1, 0.15) is 5.56 Å². The lowest BCUT2D eigenvalue weighted by atomic mass is 10.2. The zero-order chi connectivity index (χ0) is 18.5. The van der Waals surface area contributed by atoms with Gasteiger partial charge in [-0.15, -0.1) is 11.3 Å². The molecule has 3 rings (SSSR count). The minimum atomic E-state index is -0.530. The van der Waals surface area contributed by atoms with E-state index in [1.54, 1.807) is 48.8 Å². The van der Waals surface area contributed by atoms with E-state index in [1.165, 1.54) is 28.0 Å². The monoisotopic (exact) mass is 369 g/mol. The summed E-state index contributed by atoms with van der Waals surface area (Å²) in [6.45, 7) is 2.06. The fraction of sp³-hybridized carbons (Fsp3) is 0.111. The Kier molecular flexibility index (Phi) is 5.23. The first-order chi connectivity index (χ1) is 12.6. The average Bonchev–Trinajstić information content (AvgIpc) is 3.11. The number of hydrogen-bond acceptors (Lipinski definition) is 6. The molecule has 0 aliphatic rings. The van der Waals surface area contributed by atoms with E-state index in [4.69, 9.17) is 4.74 Å². The van der Waals surface area contributed by atoms with Crippen LogP contribution in [0.25, 0.3) is 11.0 Å². The summed E-state index contributed by atoms with van der Waals surface area (Å²) in [7, 11) is 0. The molecule has 0 saturated heterocycles. The van der Waals surface area contributed by atoms with Crippen molar-refractivity contribution in [3.63, 3.8) is 0 Å². The summed E-state index contributed by atoms with van der Waals surface area (Å²) in [5.41, 5.74) is 0.852. The first-order valence-electron chi connectivity index (χ1n) is 7.79. The summed E-state index contributed by atoms with van der Waals surface area (Å²) in [5.74, 6) is -0.945. The third-order valence-corrected chi connectivity index (χ3v) is 4.23. The highest BCUT2D eigenvalue weighted by Gasteiger charge is 2.13. The van der Waals surface area contributed by atoms with Gasteiger partial charge in [-0.3, -0.25) is 14.0 Å². The number of hydrogen-bond donors (Lipinski definition) is 1. The van der Waals surface area contributed by atoms with E-state index < -0.39 is 17.4 Å². The van der Waals surface area contributed by atoms with Gasteiger partial charge in [-0.05, 0) is 30.7 Å². The highest BCUT2D eigenvalue weighted by molar-refractivity contribution is 7.15. The Hall–Kier alpha value is -3.26. The van der Waals surface area contributed by atoms with Crippen molar-refractivity contribution in [2.24, 2.45) is 0 Å². The Balaban J connectivity index is 1.72. The van der Waals surface area contributed by atoms with Gasteiger partial charge in [0.2, 0.25) is 0 Å². The number of amides is 1. The number of carbonyl (C=O) groups is 2. The van der Waals surface area contributed by atoms with Gasteiger partial charge in [0.25, 0.3) is 11.5 Å². The van der Waals surface area contributed by atoms with E-state index in [0.29, 0.717) is 17.3 Å². The van der Waals surface area contributed by atoms with Gasteiger partial charge in [-0.1, -0.05) is 12.1 Å². The standard InChI is InChI=1S/C18H15N3O4S/c1-2-25-15(22)8-5-12-3-6-13(7-4-12)20-16(23)14-11-19-18-21(17(14)24)9-10-26-18/h3-11H,2H2,1H3,(H,20,23). The summed E-state index contributed by atoms with van der Waals surface area (Å²) in [6, 6.07) is 6.82. The predicted octanol–water partition coefficient (Wildman–Crippen LogP) is 2.58. The van der Waals surface area contributed by atoms with Crippen molar-refractivity contribution in [1.29, 1.82) is 0 Å². The van der Waals surface area contributed by atoms with Crippen LogP contribution >= 0.6 is 11.3 Å². The molecule has 7 nitrogen and oxygen atoms in total. The van der Waals surface area contributed by atoms with E-state index in [2.05, 4.69) is 10.3 Å². The highest BCUT2D eigenvalue weighted by atomic mass is 32.1. The normalized spacial score (nSPS) is 11.0. The predicted molar refractivity (Wildman–Crippen MR) is 99.4 cm³/mol. The minimum absolute atomic E-state index is 0.0350. The number of nitrogens with one attached hydrogen (secondary N) is 1. The molecule has 0 radical (unpaired) electrons. The van der Waals surface area contributed by atoms with Gasteiger partial charge in [-0.25, -0.2) is 9.78 Å². The number of nitrogens with zero attached hydrogens (tertiary/aromatic N) is 2. The van der Waals surface area contributed by atoms with Crippen LogP contribution in [0, 0.1) is 0 Å². The van der Waals surface area contributed by atoms with Crippen molar-refractivity contribution in [3.05, 3.63) is 69.6 Å². The van der Waals surface area contributed by atoms with Crippen LogP contribution in [0.1, 0.15) is 22.8 Å². The lowest BCUT2D eigenvalue weighted by Gasteiger charge is -2.05. The fourth-order valence-electron chi connectivity index (χ4n) is 2.21. The Morgan fingerprint density at radius 1 is 1.31 bits per heavy atom. The number of ether oxygens (including phenoxy) is 1. The number of aromatic nitrogens is 2. The van der Waals surface area contributed by atoms with Crippen LogP contribution in [-0.4, -0.2) is 27.9 Å². The summed E-state index contributed by atoms with van der Waals surface area (Å²) in [5, 5.41) is 4.39. The second-order valence-electron chi connectivity index (χ2n) is 5.19. The number of fused-ring (bicyclic) bond motifs is 1. The maximum absolute atomic E-state index is 12.3. The van der Waals surface area contributed by atoms with E-state index in [9.17, 15) is 14.4 Å². The highest BCUT2D eigenvalue weighted by Crippen LogP contribution is 2.12. The number of carbonyl (C=O) groups excluding carboxylic acids is 2. The lowest BCUT2D eigenvalue weighted by Crippen LogP contribution is -2.25. The zero-order valence-electron chi connectivity index (χ0n) is 13.8. The van der Waals surface area contributed by atoms with Gasteiger partial charge in [0.05, 0.1) is 6.61 Å². The molecule has 0 aliphatic carbocycles. The van der Waals surface area contributed by atoms with Crippen LogP contribution in [0.2, 0.25) is 0 Å². The van der Waals surface area contributed by atoms with Crippen molar-refractivity contribution in [1.82, 2.24) is 9.38 Å². The second kappa shape index (κ2) is 7.75. The van der Waals surface area contributed by atoms with Gasteiger partial charge in [0, 0.05) is 29.5 Å². The van der Waals surface area contributed by atoms with Crippen molar-refractivity contribution in [2.75, 3.05) is 11.9 Å². The molecular weight excluding hydrogens is 354 g/mol. The molecule has 0 unspecified atom stereocenters. The molecule has 2 heterocycles. The summed E-state index contributed by atoms with van der Waals surface area (Å²) in [4.78, 5) is 40.6. The number of rotatable bonds is 5. The first kappa shape index (κ1) is 17.6. The van der Waals surface area contributed by atoms with E-state index in [1.807, 2.05) is 0 Å². The second-order valence-corrected chi connectivity index (χ2v) is 6.07. The maximum Gasteiger partial charge on any atom is 0.330 e. The minimum Gasteiger partial charge on any atom is -0.463 e. The molecule has 3 aromatic rings. The van der Waals surface area contributed by atoms with E-state index in [-0.39, 0.29) is 5.56 Å². The first-order valence-corrected chi connectivity index (χ1v) is 8.67. The fourth-order valence-corrected chi connectivity index (χ4v) is 2.89. The van der Waals surface area contributed by atoms with Crippen LogP contribution < -0.4 is 10.9 Å². The molecule has 0 atom stereocenters. The quantitative estimate of drug-likeness (QED) is 0.551. The molecule has 0 bridgehead atoms. The number of thiazole rings is 1. The molecule has 1 amide bonds. The Morgan fingerprint density at radius 2 is 2.08 bits per heavy atom. The zero-order valence-corrected chi connectivity index (χ0v) is 14.7. The lowest BCUT2D eigenvalue weighted by molar-refractivity contribution is -0.137. The molecular formula is C18H15N3O4S. The van der Waals surface area contributed by atoms with Crippen molar-refractivity contribution >= 4 is 39.9 Å². The van der Waals surface area contributed by atoms with Gasteiger partial charge in [0.15, 0.2) is 4.96 Å². The third-order valence-electron chi connectivity index (χ3n) is 3.45. The Labute approximate surface area is 152 Å². The van der Waals surface area contributed by atoms with E-state index in [0.717, 1.165) is 5.56 Å². The van der Waals surface area contributed by atoms with Crippen molar-refractivity contribution in [3.8, 4) is 0 Å². The Morgan fingerprint density at radius 3 is 2.81 bits per heavy atom. The summed E-state index contributed by atoms with van der Waals surface area (Å²) >= 11 is 1.32. The maximum atomic E-state index is 12.3. The summed E-state index contributed by atoms with van der Waals surface area (Å²) in [6.07, 6.45) is 5.81. The smallest absolute Gasteiger partial charge is 0.330 e. The topological polar surface area (TPSA) is 89.8 Å². The van der Waals surface area contributed by atoms with E-state index >= 15 is 0 Å². The number of esters is 1. The van der Waals surface area contributed by atoms with Gasteiger partial charge in [-0.2, -0.15) is 0 Å². The van der Waals surface area contributed by atoms with Crippen molar-refractivity contribution in [2.45, 2.75) is 6.92 Å². The van der Waals surface area contributed by atoms with Gasteiger partial charge < -0.3 is 10.1 Å².